The number of hydrogen-bond donors (Lipinski definition) is 0. The Kier molecular flexibility index (Phi) is 2.58. The summed E-state index contributed by atoms with van der Waals surface area (Å²) in [6.07, 6.45) is 5.38. The highest BCUT2D eigenvalue weighted by molar-refractivity contribution is 5.71. The van der Waals surface area contributed by atoms with Crippen molar-refractivity contribution >= 4 is 5.69 Å². The molecule has 2 aliphatic rings. The van der Waals surface area contributed by atoms with Gasteiger partial charge in [-0.25, -0.2) is 0 Å². The molecule has 0 spiro atoms. The Bertz CT molecular complexity index is 588. The van der Waals surface area contributed by atoms with E-state index in [0.29, 0.717) is 0 Å². The van der Waals surface area contributed by atoms with Crippen LogP contribution < -0.4 is 4.90 Å². The van der Waals surface area contributed by atoms with Crippen molar-refractivity contribution in [2.24, 2.45) is 0 Å². The van der Waals surface area contributed by atoms with Crippen LogP contribution in [0.1, 0.15) is 24.8 Å². The lowest BCUT2D eigenvalue weighted by atomic mass is 9.99. The lowest BCUT2D eigenvalue weighted by Gasteiger charge is -2.31. The molecule has 96 valence electrons. The first-order chi connectivity index (χ1) is 9.42. The van der Waals surface area contributed by atoms with Crippen molar-refractivity contribution in [2.75, 3.05) is 11.4 Å². The third kappa shape index (κ3) is 1.85. The van der Waals surface area contributed by atoms with Crippen molar-refractivity contribution in [1.82, 2.24) is 0 Å². The SMILES string of the molecule is c1ccc(-c2ccc3c(c2)CC2CCCCN32)cc1. The van der Waals surface area contributed by atoms with Crippen LogP contribution in [0, 0.1) is 0 Å². The molecule has 4 rings (SSSR count). The van der Waals surface area contributed by atoms with Crippen LogP contribution in [0.4, 0.5) is 5.69 Å². The lowest BCUT2D eigenvalue weighted by molar-refractivity contribution is 0.478. The van der Waals surface area contributed by atoms with E-state index in [1.165, 1.54) is 49.0 Å². The minimum Gasteiger partial charge on any atom is -0.368 e. The van der Waals surface area contributed by atoms with Gasteiger partial charge in [-0.2, -0.15) is 0 Å². The van der Waals surface area contributed by atoms with E-state index < -0.39 is 0 Å². The Labute approximate surface area is 114 Å². The van der Waals surface area contributed by atoms with Gasteiger partial charge in [0.25, 0.3) is 0 Å². The Balaban J connectivity index is 1.73. The van der Waals surface area contributed by atoms with Crippen molar-refractivity contribution in [3.05, 3.63) is 54.1 Å². The van der Waals surface area contributed by atoms with E-state index in [2.05, 4.69) is 53.4 Å². The molecule has 0 saturated carbocycles. The minimum atomic E-state index is 0.773. The summed E-state index contributed by atoms with van der Waals surface area (Å²) >= 11 is 0. The molecule has 1 nitrogen and oxygen atoms in total. The third-order valence-corrected chi connectivity index (χ3v) is 4.58. The largest absolute Gasteiger partial charge is 0.368 e. The van der Waals surface area contributed by atoms with Gasteiger partial charge in [0, 0.05) is 18.3 Å². The zero-order valence-corrected chi connectivity index (χ0v) is 11.2. The van der Waals surface area contributed by atoms with Gasteiger partial charge >= 0.3 is 0 Å². The number of fused-ring (bicyclic) bond motifs is 3. The molecule has 0 aromatic heterocycles. The van der Waals surface area contributed by atoms with E-state index in [1.807, 2.05) is 0 Å². The number of nitrogens with zero attached hydrogens (tertiary/aromatic N) is 1. The average Bonchev–Trinajstić information content (AvgIpc) is 2.86. The second kappa shape index (κ2) is 4.41. The molecule has 19 heavy (non-hydrogen) atoms. The van der Waals surface area contributed by atoms with E-state index in [1.54, 1.807) is 5.56 Å². The summed E-state index contributed by atoms with van der Waals surface area (Å²) < 4.78 is 0. The molecule has 1 fully saturated rings. The van der Waals surface area contributed by atoms with E-state index in [0.717, 1.165) is 6.04 Å². The van der Waals surface area contributed by atoms with E-state index >= 15 is 0 Å². The van der Waals surface area contributed by atoms with Crippen LogP contribution in [-0.4, -0.2) is 12.6 Å². The number of rotatable bonds is 1. The summed E-state index contributed by atoms with van der Waals surface area (Å²) in [5.41, 5.74) is 5.73. The smallest absolute Gasteiger partial charge is 0.0402 e. The molecule has 0 N–H and O–H groups in total. The molecule has 2 heterocycles. The van der Waals surface area contributed by atoms with E-state index in [4.69, 9.17) is 0 Å². The van der Waals surface area contributed by atoms with Crippen molar-refractivity contribution in [3.8, 4) is 11.1 Å². The normalized spacial score (nSPS) is 21.1. The van der Waals surface area contributed by atoms with Crippen molar-refractivity contribution in [1.29, 1.82) is 0 Å². The van der Waals surface area contributed by atoms with Crippen molar-refractivity contribution in [3.63, 3.8) is 0 Å². The molecule has 0 radical (unpaired) electrons. The van der Waals surface area contributed by atoms with Crippen molar-refractivity contribution in [2.45, 2.75) is 31.7 Å². The standard InChI is InChI=1S/C18H19N/c1-2-6-14(7-3-1)15-9-10-18-16(12-15)13-17-8-4-5-11-19(17)18/h1-3,6-7,9-10,12,17H,4-5,8,11,13H2. The summed E-state index contributed by atoms with van der Waals surface area (Å²) in [6, 6.07) is 18.5. The average molecular weight is 249 g/mol. The second-order valence-corrected chi connectivity index (χ2v) is 5.76. The molecule has 1 unspecified atom stereocenters. The van der Waals surface area contributed by atoms with Gasteiger partial charge in [0.15, 0.2) is 0 Å². The van der Waals surface area contributed by atoms with Crippen LogP contribution in [0.15, 0.2) is 48.5 Å². The Hall–Kier alpha value is -1.76. The Morgan fingerprint density at radius 3 is 2.68 bits per heavy atom. The van der Waals surface area contributed by atoms with Crippen LogP contribution in [0.3, 0.4) is 0 Å². The predicted octanol–water partition coefficient (Wildman–Crippen LogP) is 4.27. The lowest BCUT2D eigenvalue weighted by Crippen LogP contribution is -2.36. The zero-order valence-electron chi connectivity index (χ0n) is 11.2. The summed E-state index contributed by atoms with van der Waals surface area (Å²) in [5, 5.41) is 0. The maximum Gasteiger partial charge on any atom is 0.0402 e. The molecular weight excluding hydrogens is 230 g/mol. The maximum absolute atomic E-state index is 2.63. The second-order valence-electron chi connectivity index (χ2n) is 5.76. The highest BCUT2D eigenvalue weighted by Crippen LogP contribution is 2.38. The Morgan fingerprint density at radius 1 is 0.895 bits per heavy atom. The maximum atomic E-state index is 2.63. The molecule has 1 saturated heterocycles. The zero-order chi connectivity index (χ0) is 12.7. The number of piperidine rings is 1. The van der Waals surface area contributed by atoms with Gasteiger partial charge in [0.05, 0.1) is 0 Å². The van der Waals surface area contributed by atoms with Gasteiger partial charge in [-0.3, -0.25) is 0 Å². The van der Waals surface area contributed by atoms with Crippen LogP contribution in [0.25, 0.3) is 11.1 Å². The van der Waals surface area contributed by atoms with Crippen LogP contribution in [0.5, 0.6) is 0 Å². The predicted molar refractivity (Wildman–Crippen MR) is 80.6 cm³/mol. The number of anilines is 1. The molecule has 1 heteroatoms. The molecule has 1 atom stereocenters. The first kappa shape index (κ1) is 11.1. The highest BCUT2D eigenvalue weighted by Gasteiger charge is 2.30. The summed E-state index contributed by atoms with van der Waals surface area (Å²) in [7, 11) is 0. The van der Waals surface area contributed by atoms with Gasteiger partial charge in [-0.05, 0) is 54.5 Å². The third-order valence-electron chi connectivity index (χ3n) is 4.58. The molecule has 0 amide bonds. The summed E-state index contributed by atoms with van der Waals surface area (Å²) in [4.78, 5) is 2.63. The van der Waals surface area contributed by atoms with Gasteiger partial charge in [-0.15, -0.1) is 0 Å². The fraction of sp³-hybridized carbons (Fsp3) is 0.333. The fourth-order valence-corrected chi connectivity index (χ4v) is 3.62. The number of benzene rings is 2. The topological polar surface area (TPSA) is 3.24 Å². The molecule has 0 aliphatic carbocycles. The molecule has 2 aromatic carbocycles. The molecular formula is C18H19N. The van der Waals surface area contributed by atoms with Crippen LogP contribution in [0.2, 0.25) is 0 Å². The highest BCUT2D eigenvalue weighted by atomic mass is 15.2. The van der Waals surface area contributed by atoms with Crippen molar-refractivity contribution < 1.29 is 0 Å². The van der Waals surface area contributed by atoms with E-state index in [-0.39, 0.29) is 0 Å². The summed E-state index contributed by atoms with van der Waals surface area (Å²) in [5.74, 6) is 0. The first-order valence-electron chi connectivity index (χ1n) is 7.37. The minimum absolute atomic E-state index is 0.773. The van der Waals surface area contributed by atoms with Crippen LogP contribution >= 0.6 is 0 Å². The monoisotopic (exact) mass is 249 g/mol. The quantitative estimate of drug-likeness (QED) is 0.729. The van der Waals surface area contributed by atoms with Gasteiger partial charge < -0.3 is 4.90 Å². The molecule has 0 bridgehead atoms. The van der Waals surface area contributed by atoms with E-state index in [9.17, 15) is 0 Å². The Morgan fingerprint density at radius 2 is 1.79 bits per heavy atom. The number of hydrogen-bond acceptors (Lipinski definition) is 1. The van der Waals surface area contributed by atoms with Gasteiger partial charge in [-0.1, -0.05) is 36.4 Å². The molecule has 2 aliphatic heterocycles. The van der Waals surface area contributed by atoms with Gasteiger partial charge in [0.2, 0.25) is 0 Å². The summed E-state index contributed by atoms with van der Waals surface area (Å²) in [6.45, 7) is 1.25. The molecule has 2 aromatic rings. The van der Waals surface area contributed by atoms with Gasteiger partial charge in [0.1, 0.15) is 0 Å². The first-order valence-corrected chi connectivity index (χ1v) is 7.37. The van der Waals surface area contributed by atoms with Crippen LogP contribution in [-0.2, 0) is 6.42 Å². The fourth-order valence-electron chi connectivity index (χ4n) is 3.62.